The Morgan fingerprint density at radius 1 is 1.32 bits per heavy atom. The van der Waals surface area contributed by atoms with Crippen LogP contribution in [0.4, 0.5) is 0 Å². The zero-order valence-electron chi connectivity index (χ0n) is 12.2. The van der Waals surface area contributed by atoms with Gasteiger partial charge in [-0.25, -0.2) is 0 Å². The second kappa shape index (κ2) is 6.34. The summed E-state index contributed by atoms with van der Waals surface area (Å²) in [5.41, 5.74) is 1.23. The normalized spacial score (nSPS) is 14.5. The number of aldehydes is 1. The lowest BCUT2D eigenvalue weighted by Crippen LogP contribution is -2.48. The molecule has 114 valence electrons. The van der Waals surface area contributed by atoms with Crippen molar-refractivity contribution in [1.82, 2.24) is 10.2 Å². The van der Waals surface area contributed by atoms with E-state index in [0.717, 1.165) is 4.90 Å². The fraction of sp³-hybridized carbons (Fsp3) is 0.250. The van der Waals surface area contributed by atoms with Gasteiger partial charge in [0.1, 0.15) is 12.3 Å². The maximum atomic E-state index is 12.5. The number of nitrogens with one attached hydrogen (secondary N) is 1. The molecule has 1 heterocycles. The van der Waals surface area contributed by atoms with Crippen molar-refractivity contribution in [1.29, 1.82) is 0 Å². The largest absolute Gasteiger partial charge is 0.357 e. The molecule has 1 N–H and O–H groups in total. The highest BCUT2D eigenvalue weighted by molar-refractivity contribution is 6.23. The molecule has 0 saturated carbocycles. The standard InChI is InChI=1S/C16H16N2O4/c1-3-10-6-7-11-12(9-10)16(22)18(15(11)21)13(5-4-8-19)14(20)17-2/h3,6-9,13H,1,4-5H2,2H3,(H,17,20). The smallest absolute Gasteiger partial charge is 0.262 e. The molecule has 6 heteroatoms. The van der Waals surface area contributed by atoms with Gasteiger partial charge in [-0.05, 0) is 24.1 Å². The van der Waals surface area contributed by atoms with Gasteiger partial charge in [0.15, 0.2) is 0 Å². The van der Waals surface area contributed by atoms with E-state index in [9.17, 15) is 19.2 Å². The lowest BCUT2D eigenvalue weighted by Gasteiger charge is -2.24. The minimum Gasteiger partial charge on any atom is -0.357 e. The predicted octanol–water partition coefficient (Wildman–Crippen LogP) is 1.02. The van der Waals surface area contributed by atoms with E-state index in [2.05, 4.69) is 11.9 Å². The molecule has 1 aliphatic heterocycles. The molecule has 0 saturated heterocycles. The first kappa shape index (κ1) is 15.6. The van der Waals surface area contributed by atoms with Gasteiger partial charge in [0.2, 0.25) is 5.91 Å². The van der Waals surface area contributed by atoms with Crippen molar-refractivity contribution in [2.45, 2.75) is 18.9 Å². The van der Waals surface area contributed by atoms with Crippen molar-refractivity contribution in [3.05, 3.63) is 41.5 Å². The van der Waals surface area contributed by atoms with Gasteiger partial charge in [-0.2, -0.15) is 0 Å². The van der Waals surface area contributed by atoms with E-state index in [0.29, 0.717) is 11.8 Å². The third kappa shape index (κ3) is 2.55. The van der Waals surface area contributed by atoms with E-state index in [-0.39, 0.29) is 24.0 Å². The molecule has 1 atom stereocenters. The summed E-state index contributed by atoms with van der Waals surface area (Å²) in [6.07, 6.45) is 2.42. The minimum absolute atomic E-state index is 0.0867. The molecule has 6 nitrogen and oxygen atoms in total. The molecule has 3 amide bonds. The highest BCUT2D eigenvalue weighted by Crippen LogP contribution is 2.27. The molecule has 22 heavy (non-hydrogen) atoms. The highest BCUT2D eigenvalue weighted by Gasteiger charge is 2.42. The van der Waals surface area contributed by atoms with Crippen LogP contribution in [0, 0.1) is 0 Å². The molecule has 0 spiro atoms. The van der Waals surface area contributed by atoms with Crippen molar-refractivity contribution in [3.63, 3.8) is 0 Å². The van der Waals surface area contributed by atoms with Crippen molar-refractivity contribution >= 4 is 30.1 Å². The monoisotopic (exact) mass is 300 g/mol. The molecular weight excluding hydrogens is 284 g/mol. The molecular formula is C16H16N2O4. The predicted molar refractivity (Wildman–Crippen MR) is 80.2 cm³/mol. The number of rotatable bonds is 6. The zero-order valence-corrected chi connectivity index (χ0v) is 12.2. The van der Waals surface area contributed by atoms with Crippen LogP contribution in [-0.4, -0.2) is 42.0 Å². The Hall–Kier alpha value is -2.76. The number of carbonyl (C=O) groups is 4. The van der Waals surface area contributed by atoms with Gasteiger partial charge in [-0.3, -0.25) is 19.3 Å². The molecule has 0 bridgehead atoms. The number of hydrogen-bond donors (Lipinski definition) is 1. The van der Waals surface area contributed by atoms with Gasteiger partial charge in [-0.1, -0.05) is 18.7 Å². The zero-order chi connectivity index (χ0) is 16.3. The van der Waals surface area contributed by atoms with Crippen LogP contribution in [0.1, 0.15) is 39.1 Å². The van der Waals surface area contributed by atoms with E-state index in [1.807, 2.05) is 0 Å². The Balaban J connectivity index is 2.41. The molecule has 0 aliphatic carbocycles. The van der Waals surface area contributed by atoms with Gasteiger partial charge in [0, 0.05) is 13.5 Å². The summed E-state index contributed by atoms with van der Waals surface area (Å²) >= 11 is 0. The number of imide groups is 1. The van der Waals surface area contributed by atoms with Crippen molar-refractivity contribution in [2.24, 2.45) is 0 Å². The Morgan fingerprint density at radius 2 is 2.00 bits per heavy atom. The number of likely N-dealkylation sites (N-methyl/N-ethyl adjacent to an activating group) is 1. The van der Waals surface area contributed by atoms with Crippen molar-refractivity contribution < 1.29 is 19.2 Å². The SMILES string of the molecule is C=Cc1ccc2c(c1)C(=O)N(C(CCC=O)C(=O)NC)C2=O. The molecule has 0 aromatic heterocycles. The topological polar surface area (TPSA) is 83.6 Å². The lowest BCUT2D eigenvalue weighted by atomic mass is 10.1. The summed E-state index contributed by atoms with van der Waals surface area (Å²) in [5, 5.41) is 2.42. The third-order valence-corrected chi connectivity index (χ3v) is 3.60. The number of amides is 3. The van der Waals surface area contributed by atoms with Gasteiger partial charge in [0.05, 0.1) is 11.1 Å². The van der Waals surface area contributed by atoms with Crippen molar-refractivity contribution in [3.8, 4) is 0 Å². The molecule has 0 radical (unpaired) electrons. The maximum Gasteiger partial charge on any atom is 0.262 e. The maximum absolute atomic E-state index is 12.5. The average molecular weight is 300 g/mol. The van der Waals surface area contributed by atoms with Crippen LogP contribution in [-0.2, 0) is 9.59 Å². The molecule has 1 aromatic carbocycles. The summed E-state index contributed by atoms with van der Waals surface area (Å²) in [6, 6.07) is 3.81. The second-order valence-electron chi connectivity index (χ2n) is 4.86. The van der Waals surface area contributed by atoms with Crippen LogP contribution < -0.4 is 5.32 Å². The summed E-state index contributed by atoms with van der Waals surface area (Å²) < 4.78 is 0. The summed E-state index contributed by atoms with van der Waals surface area (Å²) in [5.74, 6) is -1.52. The Labute approximate surface area is 127 Å². The average Bonchev–Trinajstić information content (AvgIpc) is 2.79. The Bertz CT molecular complexity index is 666. The fourth-order valence-corrected chi connectivity index (χ4v) is 2.46. The summed E-state index contributed by atoms with van der Waals surface area (Å²) in [4.78, 5) is 48.4. The van der Waals surface area contributed by atoms with E-state index < -0.39 is 23.8 Å². The van der Waals surface area contributed by atoms with Crippen LogP contribution in [0.3, 0.4) is 0 Å². The quantitative estimate of drug-likeness (QED) is 0.628. The van der Waals surface area contributed by atoms with Crippen LogP contribution in [0.25, 0.3) is 6.08 Å². The summed E-state index contributed by atoms with van der Waals surface area (Å²) in [7, 11) is 1.42. The van der Waals surface area contributed by atoms with Gasteiger partial charge in [-0.15, -0.1) is 0 Å². The Morgan fingerprint density at radius 3 is 2.59 bits per heavy atom. The number of nitrogens with zero attached hydrogens (tertiary/aromatic N) is 1. The number of carbonyl (C=O) groups excluding carboxylic acids is 4. The highest BCUT2D eigenvalue weighted by atomic mass is 16.2. The van der Waals surface area contributed by atoms with Gasteiger partial charge in [0.25, 0.3) is 11.8 Å². The van der Waals surface area contributed by atoms with E-state index in [1.54, 1.807) is 24.3 Å². The van der Waals surface area contributed by atoms with Gasteiger partial charge >= 0.3 is 0 Å². The van der Waals surface area contributed by atoms with Crippen LogP contribution in [0.5, 0.6) is 0 Å². The fourth-order valence-electron chi connectivity index (χ4n) is 2.46. The van der Waals surface area contributed by atoms with Crippen LogP contribution in [0.15, 0.2) is 24.8 Å². The molecule has 1 aromatic rings. The first-order valence-corrected chi connectivity index (χ1v) is 6.84. The van der Waals surface area contributed by atoms with E-state index in [4.69, 9.17) is 0 Å². The van der Waals surface area contributed by atoms with E-state index >= 15 is 0 Å². The Kier molecular flexibility index (Phi) is 4.50. The first-order valence-electron chi connectivity index (χ1n) is 6.84. The molecule has 2 rings (SSSR count). The molecule has 1 aliphatic rings. The number of hydrogen-bond acceptors (Lipinski definition) is 4. The van der Waals surface area contributed by atoms with Gasteiger partial charge < -0.3 is 10.1 Å². The molecule has 0 fully saturated rings. The first-order chi connectivity index (χ1) is 10.5. The number of fused-ring (bicyclic) bond motifs is 1. The second-order valence-corrected chi connectivity index (χ2v) is 4.86. The van der Waals surface area contributed by atoms with E-state index in [1.165, 1.54) is 7.05 Å². The van der Waals surface area contributed by atoms with Crippen LogP contribution in [0.2, 0.25) is 0 Å². The van der Waals surface area contributed by atoms with Crippen molar-refractivity contribution in [2.75, 3.05) is 7.05 Å². The lowest BCUT2D eigenvalue weighted by molar-refractivity contribution is -0.124. The minimum atomic E-state index is -0.991. The van der Waals surface area contributed by atoms with Crippen LogP contribution >= 0.6 is 0 Å². The molecule has 1 unspecified atom stereocenters. The number of benzene rings is 1. The summed E-state index contributed by atoms with van der Waals surface area (Å²) in [6.45, 7) is 3.62. The third-order valence-electron chi connectivity index (χ3n) is 3.60.